The first-order valence-electron chi connectivity index (χ1n) is 5.72. The SMILES string of the molecule is O=S(=O)(C[C@H]1CCOC1)NCCc1ccsc1. The van der Waals surface area contributed by atoms with E-state index >= 15 is 0 Å². The summed E-state index contributed by atoms with van der Waals surface area (Å²) in [5.41, 5.74) is 1.18. The molecule has 1 N–H and O–H groups in total. The van der Waals surface area contributed by atoms with Crippen LogP contribution < -0.4 is 4.72 Å². The molecule has 0 aliphatic carbocycles. The summed E-state index contributed by atoms with van der Waals surface area (Å²) in [7, 11) is -3.14. The zero-order chi connectivity index (χ0) is 12.1. The average Bonchev–Trinajstić information content (AvgIpc) is 2.89. The number of nitrogens with one attached hydrogen (secondary N) is 1. The molecule has 1 atom stereocenters. The van der Waals surface area contributed by atoms with E-state index in [-0.39, 0.29) is 11.7 Å². The molecule has 1 saturated heterocycles. The van der Waals surface area contributed by atoms with Crippen molar-refractivity contribution in [2.24, 2.45) is 5.92 Å². The Kier molecular flexibility index (Phi) is 4.55. The van der Waals surface area contributed by atoms with Gasteiger partial charge < -0.3 is 4.74 Å². The van der Waals surface area contributed by atoms with Crippen molar-refractivity contribution in [1.82, 2.24) is 4.72 Å². The van der Waals surface area contributed by atoms with Crippen LogP contribution in [0.4, 0.5) is 0 Å². The van der Waals surface area contributed by atoms with Crippen molar-refractivity contribution < 1.29 is 13.2 Å². The molecule has 96 valence electrons. The lowest BCUT2D eigenvalue weighted by atomic mass is 10.2. The summed E-state index contributed by atoms with van der Waals surface area (Å²) >= 11 is 1.63. The maximum atomic E-state index is 11.8. The Morgan fingerprint density at radius 3 is 3.06 bits per heavy atom. The Hall–Kier alpha value is -0.430. The van der Waals surface area contributed by atoms with Crippen LogP contribution >= 0.6 is 11.3 Å². The molecule has 2 heterocycles. The van der Waals surface area contributed by atoms with E-state index in [4.69, 9.17) is 4.74 Å². The highest BCUT2D eigenvalue weighted by atomic mass is 32.2. The fraction of sp³-hybridized carbons (Fsp3) is 0.636. The van der Waals surface area contributed by atoms with Crippen LogP contribution in [0.15, 0.2) is 16.8 Å². The molecule has 1 aliphatic rings. The first-order chi connectivity index (χ1) is 8.16. The smallest absolute Gasteiger partial charge is 0.211 e. The van der Waals surface area contributed by atoms with Crippen molar-refractivity contribution in [3.8, 4) is 0 Å². The van der Waals surface area contributed by atoms with Crippen molar-refractivity contribution in [1.29, 1.82) is 0 Å². The molecular formula is C11H17NO3S2. The molecule has 1 aromatic rings. The van der Waals surface area contributed by atoms with Gasteiger partial charge >= 0.3 is 0 Å². The fourth-order valence-corrected chi connectivity index (χ4v) is 3.99. The predicted octanol–water partition coefficient (Wildman–Crippen LogP) is 1.25. The average molecular weight is 275 g/mol. The van der Waals surface area contributed by atoms with Crippen molar-refractivity contribution in [2.75, 3.05) is 25.5 Å². The Morgan fingerprint density at radius 1 is 1.53 bits per heavy atom. The Balaban J connectivity index is 1.73. The number of ether oxygens (including phenoxy) is 1. The topological polar surface area (TPSA) is 55.4 Å². The summed E-state index contributed by atoms with van der Waals surface area (Å²) in [5.74, 6) is 0.352. The summed E-state index contributed by atoms with van der Waals surface area (Å²) in [4.78, 5) is 0. The largest absolute Gasteiger partial charge is 0.381 e. The molecule has 1 aliphatic heterocycles. The van der Waals surface area contributed by atoms with Gasteiger partial charge in [-0.1, -0.05) is 0 Å². The quantitative estimate of drug-likeness (QED) is 0.850. The third-order valence-corrected chi connectivity index (χ3v) is 5.08. The van der Waals surface area contributed by atoms with Crippen LogP contribution in [0.25, 0.3) is 0 Å². The summed E-state index contributed by atoms with van der Waals surface area (Å²) in [5, 5.41) is 4.04. The Morgan fingerprint density at radius 2 is 2.41 bits per heavy atom. The van der Waals surface area contributed by atoms with E-state index in [2.05, 4.69) is 4.72 Å². The lowest BCUT2D eigenvalue weighted by molar-refractivity contribution is 0.188. The molecule has 2 rings (SSSR count). The van der Waals surface area contributed by atoms with Crippen molar-refractivity contribution in [3.05, 3.63) is 22.4 Å². The molecule has 0 radical (unpaired) electrons. The van der Waals surface area contributed by atoms with Crippen LogP contribution in [0.1, 0.15) is 12.0 Å². The van der Waals surface area contributed by atoms with Gasteiger partial charge in [-0.2, -0.15) is 11.3 Å². The van der Waals surface area contributed by atoms with Gasteiger partial charge in [-0.3, -0.25) is 0 Å². The second-order valence-electron chi connectivity index (χ2n) is 4.29. The number of hydrogen-bond acceptors (Lipinski definition) is 4. The maximum absolute atomic E-state index is 11.8. The van der Waals surface area contributed by atoms with E-state index in [0.29, 0.717) is 19.8 Å². The molecule has 0 aromatic carbocycles. The number of rotatable bonds is 6. The second-order valence-corrected chi connectivity index (χ2v) is 6.92. The van der Waals surface area contributed by atoms with Gasteiger partial charge in [0.05, 0.1) is 12.4 Å². The van der Waals surface area contributed by atoms with E-state index in [1.165, 1.54) is 5.56 Å². The number of hydrogen-bond donors (Lipinski definition) is 1. The highest BCUT2D eigenvalue weighted by Crippen LogP contribution is 2.14. The molecular weight excluding hydrogens is 258 g/mol. The van der Waals surface area contributed by atoms with Gasteiger partial charge in [-0.05, 0) is 41.1 Å². The number of sulfonamides is 1. The van der Waals surface area contributed by atoms with Gasteiger partial charge in [0.15, 0.2) is 0 Å². The van der Waals surface area contributed by atoms with Gasteiger partial charge in [0.2, 0.25) is 10.0 Å². The summed E-state index contributed by atoms with van der Waals surface area (Å²) in [6, 6.07) is 2.02. The van der Waals surface area contributed by atoms with Crippen LogP contribution in [-0.2, 0) is 21.2 Å². The molecule has 17 heavy (non-hydrogen) atoms. The van der Waals surface area contributed by atoms with E-state index < -0.39 is 10.0 Å². The summed E-state index contributed by atoms with van der Waals surface area (Å²) < 4.78 is 31.3. The summed E-state index contributed by atoms with van der Waals surface area (Å²) in [6.07, 6.45) is 1.61. The molecule has 1 aromatic heterocycles. The van der Waals surface area contributed by atoms with Crippen LogP contribution in [0, 0.1) is 5.92 Å². The molecule has 4 nitrogen and oxygen atoms in total. The molecule has 0 bridgehead atoms. The van der Waals surface area contributed by atoms with Crippen LogP contribution in [0.3, 0.4) is 0 Å². The lowest BCUT2D eigenvalue weighted by Gasteiger charge is -2.09. The van der Waals surface area contributed by atoms with Gasteiger partial charge in [0, 0.05) is 13.2 Å². The molecule has 1 fully saturated rings. The summed E-state index contributed by atoms with van der Waals surface area (Å²) in [6.45, 7) is 1.74. The molecule has 0 unspecified atom stereocenters. The zero-order valence-corrected chi connectivity index (χ0v) is 11.2. The molecule has 6 heteroatoms. The van der Waals surface area contributed by atoms with Crippen molar-refractivity contribution >= 4 is 21.4 Å². The van der Waals surface area contributed by atoms with Gasteiger partial charge in [-0.15, -0.1) is 0 Å². The van der Waals surface area contributed by atoms with Gasteiger partial charge in [-0.25, -0.2) is 13.1 Å². The molecule has 0 amide bonds. The van der Waals surface area contributed by atoms with E-state index in [9.17, 15) is 8.42 Å². The standard InChI is InChI=1S/C11H17NO3S2/c13-17(14,9-11-2-5-15-7-11)12-4-1-10-3-6-16-8-10/h3,6,8,11-12H,1-2,4-5,7,9H2/t11-/m0/s1. The third-order valence-electron chi connectivity index (χ3n) is 2.79. The minimum Gasteiger partial charge on any atom is -0.381 e. The maximum Gasteiger partial charge on any atom is 0.211 e. The highest BCUT2D eigenvalue weighted by Gasteiger charge is 2.22. The monoisotopic (exact) mass is 275 g/mol. The fourth-order valence-electron chi connectivity index (χ4n) is 1.87. The predicted molar refractivity (Wildman–Crippen MR) is 68.7 cm³/mol. The first-order valence-corrected chi connectivity index (χ1v) is 8.31. The Labute approximate surface area is 106 Å². The van der Waals surface area contributed by atoms with Crippen LogP contribution in [0.2, 0.25) is 0 Å². The molecule has 0 spiro atoms. The van der Waals surface area contributed by atoms with E-state index in [0.717, 1.165) is 12.8 Å². The van der Waals surface area contributed by atoms with Crippen LogP contribution in [0.5, 0.6) is 0 Å². The number of thiophene rings is 1. The minimum absolute atomic E-state index is 0.161. The lowest BCUT2D eigenvalue weighted by Crippen LogP contribution is -2.31. The highest BCUT2D eigenvalue weighted by molar-refractivity contribution is 7.89. The van der Waals surface area contributed by atoms with E-state index in [1.54, 1.807) is 11.3 Å². The minimum atomic E-state index is -3.14. The first kappa shape index (κ1) is 13.0. The van der Waals surface area contributed by atoms with Crippen LogP contribution in [-0.4, -0.2) is 33.9 Å². The zero-order valence-electron chi connectivity index (χ0n) is 9.59. The van der Waals surface area contributed by atoms with Gasteiger partial charge in [0.25, 0.3) is 0 Å². The molecule has 0 saturated carbocycles. The van der Waals surface area contributed by atoms with Crippen molar-refractivity contribution in [2.45, 2.75) is 12.8 Å². The second kappa shape index (κ2) is 5.95. The van der Waals surface area contributed by atoms with E-state index in [1.807, 2.05) is 16.8 Å². The Bertz CT molecular complexity index is 422. The normalized spacial score (nSPS) is 20.8. The van der Waals surface area contributed by atoms with Gasteiger partial charge in [0.1, 0.15) is 0 Å². The third kappa shape index (κ3) is 4.39. The van der Waals surface area contributed by atoms with Crippen molar-refractivity contribution in [3.63, 3.8) is 0 Å².